The van der Waals surface area contributed by atoms with Crippen molar-refractivity contribution in [1.82, 2.24) is 9.88 Å². The molecule has 4 nitrogen and oxygen atoms in total. The van der Waals surface area contributed by atoms with Crippen molar-refractivity contribution in [1.29, 1.82) is 0 Å². The number of amides is 1. The molecule has 0 saturated carbocycles. The first-order valence-electron chi connectivity index (χ1n) is 9.14. The van der Waals surface area contributed by atoms with E-state index in [0.29, 0.717) is 17.2 Å². The SMILES string of the molecule is Cc1ccc(-c2cnc(-c3ccccc3C(=O)N3CCCCC3)o2)cc1. The van der Waals surface area contributed by atoms with E-state index in [9.17, 15) is 4.79 Å². The molecule has 4 heteroatoms. The molecule has 1 aliphatic rings. The molecule has 0 bridgehead atoms. The number of carbonyl (C=O) groups is 1. The van der Waals surface area contributed by atoms with Crippen LogP contribution >= 0.6 is 0 Å². The van der Waals surface area contributed by atoms with Gasteiger partial charge in [0.1, 0.15) is 0 Å². The second kappa shape index (κ2) is 7.16. The van der Waals surface area contributed by atoms with Crippen LogP contribution in [0, 0.1) is 6.92 Å². The highest BCUT2D eigenvalue weighted by atomic mass is 16.4. The second-order valence-electron chi connectivity index (χ2n) is 6.79. The first kappa shape index (κ1) is 16.6. The summed E-state index contributed by atoms with van der Waals surface area (Å²) in [5.74, 6) is 1.26. The van der Waals surface area contributed by atoms with E-state index in [-0.39, 0.29) is 5.91 Å². The van der Waals surface area contributed by atoms with E-state index in [1.807, 2.05) is 53.4 Å². The molecule has 1 saturated heterocycles. The average molecular weight is 346 g/mol. The van der Waals surface area contributed by atoms with Crippen molar-refractivity contribution >= 4 is 5.91 Å². The van der Waals surface area contributed by atoms with Crippen LogP contribution in [0.3, 0.4) is 0 Å². The third-order valence-electron chi connectivity index (χ3n) is 4.87. The molecule has 0 aliphatic carbocycles. The highest BCUT2D eigenvalue weighted by Gasteiger charge is 2.22. The summed E-state index contributed by atoms with van der Waals surface area (Å²) in [7, 11) is 0. The van der Waals surface area contributed by atoms with Crippen molar-refractivity contribution < 1.29 is 9.21 Å². The first-order chi connectivity index (χ1) is 12.7. The summed E-state index contributed by atoms with van der Waals surface area (Å²) in [5, 5.41) is 0. The fourth-order valence-electron chi connectivity index (χ4n) is 3.37. The summed E-state index contributed by atoms with van der Waals surface area (Å²) in [5.41, 5.74) is 3.59. The molecule has 1 aliphatic heterocycles. The molecule has 1 fully saturated rings. The number of aryl methyl sites for hydroxylation is 1. The number of benzene rings is 2. The number of nitrogens with zero attached hydrogens (tertiary/aromatic N) is 2. The Kier molecular flexibility index (Phi) is 4.57. The topological polar surface area (TPSA) is 46.3 Å². The molecule has 1 amide bonds. The average Bonchev–Trinajstić information content (AvgIpc) is 3.19. The van der Waals surface area contributed by atoms with Crippen molar-refractivity contribution in [2.24, 2.45) is 0 Å². The number of hydrogen-bond donors (Lipinski definition) is 0. The molecule has 132 valence electrons. The maximum absolute atomic E-state index is 13.0. The minimum absolute atomic E-state index is 0.0652. The van der Waals surface area contributed by atoms with Gasteiger partial charge in [-0.25, -0.2) is 4.98 Å². The Labute approximate surface area is 153 Å². The normalized spacial score (nSPS) is 14.4. The largest absolute Gasteiger partial charge is 0.436 e. The van der Waals surface area contributed by atoms with Crippen LogP contribution in [-0.4, -0.2) is 28.9 Å². The molecular weight excluding hydrogens is 324 g/mol. The Morgan fingerprint density at radius 3 is 2.50 bits per heavy atom. The Bertz CT molecular complexity index is 906. The summed E-state index contributed by atoms with van der Waals surface area (Å²) in [4.78, 5) is 19.3. The molecule has 4 rings (SSSR count). The van der Waals surface area contributed by atoms with Gasteiger partial charge in [-0.2, -0.15) is 0 Å². The number of aromatic nitrogens is 1. The van der Waals surface area contributed by atoms with Gasteiger partial charge in [-0.05, 0) is 38.3 Å². The second-order valence-corrected chi connectivity index (χ2v) is 6.79. The maximum atomic E-state index is 13.0. The lowest BCUT2D eigenvalue weighted by molar-refractivity contribution is 0.0725. The van der Waals surface area contributed by atoms with Gasteiger partial charge in [-0.3, -0.25) is 4.79 Å². The lowest BCUT2D eigenvalue weighted by Crippen LogP contribution is -2.35. The number of carbonyl (C=O) groups excluding carboxylic acids is 1. The van der Waals surface area contributed by atoms with Gasteiger partial charge in [-0.1, -0.05) is 42.0 Å². The first-order valence-corrected chi connectivity index (χ1v) is 9.14. The van der Waals surface area contributed by atoms with E-state index < -0.39 is 0 Å². The van der Waals surface area contributed by atoms with Crippen molar-refractivity contribution in [3.63, 3.8) is 0 Å². The van der Waals surface area contributed by atoms with Crippen LogP contribution < -0.4 is 0 Å². The van der Waals surface area contributed by atoms with Crippen LogP contribution in [0.15, 0.2) is 59.1 Å². The highest BCUT2D eigenvalue weighted by molar-refractivity contribution is 6.00. The number of oxazole rings is 1. The van der Waals surface area contributed by atoms with Crippen molar-refractivity contribution in [3.8, 4) is 22.8 Å². The van der Waals surface area contributed by atoms with Crippen molar-refractivity contribution in [2.75, 3.05) is 13.1 Å². The van der Waals surface area contributed by atoms with Gasteiger partial charge in [0.05, 0.1) is 11.8 Å². The predicted octanol–water partition coefficient (Wildman–Crippen LogP) is 4.94. The van der Waals surface area contributed by atoms with Crippen LogP contribution in [0.4, 0.5) is 0 Å². The molecule has 0 atom stereocenters. The highest BCUT2D eigenvalue weighted by Crippen LogP contribution is 2.29. The van der Waals surface area contributed by atoms with E-state index in [1.165, 1.54) is 12.0 Å². The van der Waals surface area contributed by atoms with E-state index >= 15 is 0 Å². The molecule has 2 aromatic carbocycles. The zero-order valence-corrected chi connectivity index (χ0v) is 14.9. The summed E-state index contributed by atoms with van der Waals surface area (Å²) >= 11 is 0. The molecule has 1 aromatic heterocycles. The number of piperidine rings is 1. The van der Waals surface area contributed by atoms with Crippen LogP contribution in [0.1, 0.15) is 35.2 Å². The molecule has 3 aromatic rings. The lowest BCUT2D eigenvalue weighted by Gasteiger charge is -2.27. The summed E-state index contributed by atoms with van der Waals surface area (Å²) < 4.78 is 5.99. The quantitative estimate of drug-likeness (QED) is 0.674. The van der Waals surface area contributed by atoms with Crippen molar-refractivity contribution in [2.45, 2.75) is 26.2 Å². The molecule has 0 radical (unpaired) electrons. The third-order valence-corrected chi connectivity index (χ3v) is 4.87. The van der Waals surface area contributed by atoms with Crippen LogP contribution in [0.2, 0.25) is 0 Å². The van der Waals surface area contributed by atoms with Gasteiger partial charge >= 0.3 is 0 Å². The molecule has 0 N–H and O–H groups in total. The number of hydrogen-bond acceptors (Lipinski definition) is 3. The number of rotatable bonds is 3. The molecule has 0 spiro atoms. The van der Waals surface area contributed by atoms with Crippen LogP contribution in [0.25, 0.3) is 22.8 Å². The maximum Gasteiger partial charge on any atom is 0.254 e. The lowest BCUT2D eigenvalue weighted by atomic mass is 10.0. The fraction of sp³-hybridized carbons (Fsp3) is 0.273. The molecule has 0 unspecified atom stereocenters. The standard InChI is InChI=1S/C22H22N2O2/c1-16-9-11-17(12-10-16)20-15-23-21(26-20)18-7-3-4-8-19(18)22(25)24-13-5-2-6-14-24/h3-4,7-12,15H,2,5-6,13-14H2,1H3. The van der Waals surface area contributed by atoms with E-state index in [4.69, 9.17) is 4.42 Å². The monoisotopic (exact) mass is 346 g/mol. The zero-order valence-electron chi connectivity index (χ0n) is 14.9. The molecular formula is C22H22N2O2. The van der Waals surface area contributed by atoms with E-state index in [0.717, 1.165) is 37.1 Å². The summed E-state index contributed by atoms with van der Waals surface area (Å²) in [6.07, 6.45) is 5.07. The van der Waals surface area contributed by atoms with Gasteiger partial charge in [0, 0.05) is 24.2 Å². The minimum Gasteiger partial charge on any atom is -0.436 e. The van der Waals surface area contributed by atoms with Gasteiger partial charge in [-0.15, -0.1) is 0 Å². The van der Waals surface area contributed by atoms with Gasteiger partial charge in [0.15, 0.2) is 5.76 Å². The van der Waals surface area contributed by atoms with Gasteiger partial charge < -0.3 is 9.32 Å². The Morgan fingerprint density at radius 1 is 1.00 bits per heavy atom. The Balaban J connectivity index is 1.66. The molecule has 26 heavy (non-hydrogen) atoms. The van der Waals surface area contributed by atoms with Crippen molar-refractivity contribution in [3.05, 3.63) is 65.9 Å². The van der Waals surface area contributed by atoms with Gasteiger partial charge in [0.25, 0.3) is 5.91 Å². The summed E-state index contributed by atoms with van der Waals surface area (Å²) in [6.45, 7) is 3.71. The minimum atomic E-state index is 0.0652. The zero-order chi connectivity index (χ0) is 17.9. The third kappa shape index (κ3) is 3.27. The Morgan fingerprint density at radius 2 is 1.73 bits per heavy atom. The molecule has 2 heterocycles. The smallest absolute Gasteiger partial charge is 0.254 e. The van der Waals surface area contributed by atoms with E-state index in [1.54, 1.807) is 6.20 Å². The van der Waals surface area contributed by atoms with E-state index in [2.05, 4.69) is 11.9 Å². The Hall–Kier alpha value is -2.88. The predicted molar refractivity (Wildman–Crippen MR) is 102 cm³/mol. The fourth-order valence-corrected chi connectivity index (χ4v) is 3.37. The van der Waals surface area contributed by atoms with Gasteiger partial charge in [0.2, 0.25) is 5.89 Å². The number of likely N-dealkylation sites (tertiary alicyclic amines) is 1. The van der Waals surface area contributed by atoms with Crippen LogP contribution in [-0.2, 0) is 0 Å². The van der Waals surface area contributed by atoms with Crippen LogP contribution in [0.5, 0.6) is 0 Å². The summed E-state index contributed by atoms with van der Waals surface area (Å²) in [6, 6.07) is 15.7.